The van der Waals surface area contributed by atoms with Crippen molar-refractivity contribution in [2.24, 2.45) is 0 Å². The molecule has 2 aliphatic rings. The van der Waals surface area contributed by atoms with Gasteiger partial charge in [0.15, 0.2) is 0 Å². The minimum Gasteiger partial charge on any atom is -0.383 e. The van der Waals surface area contributed by atoms with Gasteiger partial charge in [-0.25, -0.2) is 4.98 Å². The number of alkyl halides is 2. The van der Waals surface area contributed by atoms with Gasteiger partial charge in [-0.1, -0.05) is 18.9 Å². The first kappa shape index (κ1) is 19.9. The lowest BCUT2D eigenvalue weighted by Crippen LogP contribution is -2.60. The molecule has 0 bridgehead atoms. The van der Waals surface area contributed by atoms with Crippen molar-refractivity contribution in [3.63, 3.8) is 0 Å². The van der Waals surface area contributed by atoms with Crippen LogP contribution in [0.3, 0.4) is 0 Å². The van der Waals surface area contributed by atoms with Gasteiger partial charge in [0.25, 0.3) is 5.91 Å². The molecule has 2 fully saturated rings. The van der Waals surface area contributed by atoms with E-state index in [9.17, 15) is 18.7 Å². The Morgan fingerprint density at radius 3 is 2.37 bits per heavy atom. The number of aliphatic hydroxyl groups is 1. The molecule has 1 aliphatic carbocycles. The van der Waals surface area contributed by atoms with Gasteiger partial charge in [-0.2, -0.15) is 8.78 Å². The Kier molecular flexibility index (Phi) is 5.67. The summed E-state index contributed by atoms with van der Waals surface area (Å²) in [6.45, 7) is 2.09. The Labute approximate surface area is 158 Å². The number of amides is 1. The lowest BCUT2D eigenvalue weighted by atomic mass is 9.92. The predicted molar refractivity (Wildman–Crippen MR) is 98.8 cm³/mol. The Hall–Kier alpha value is -1.80. The molecule has 1 aromatic heterocycles. The third-order valence-electron chi connectivity index (χ3n) is 5.48. The molecule has 0 unspecified atom stereocenters. The highest BCUT2D eigenvalue weighted by Gasteiger charge is 2.60. The zero-order chi connectivity index (χ0) is 19.7. The zero-order valence-electron chi connectivity index (χ0n) is 16.0. The summed E-state index contributed by atoms with van der Waals surface area (Å²) >= 11 is 0. The van der Waals surface area contributed by atoms with Crippen LogP contribution in [0, 0.1) is 0 Å². The predicted octanol–water partition coefficient (Wildman–Crippen LogP) is 1.73. The second-order valence-corrected chi connectivity index (χ2v) is 7.85. The Morgan fingerprint density at radius 2 is 1.85 bits per heavy atom. The van der Waals surface area contributed by atoms with Crippen LogP contribution in [0.25, 0.3) is 0 Å². The van der Waals surface area contributed by atoms with Crippen molar-refractivity contribution < 1.29 is 18.7 Å². The minimum atomic E-state index is -3.72. The van der Waals surface area contributed by atoms with Crippen LogP contribution in [0.4, 0.5) is 14.6 Å². The number of halogens is 2. The molecule has 0 radical (unpaired) electrons. The topological polar surface area (TPSA) is 59.9 Å². The highest BCUT2D eigenvalue weighted by Crippen LogP contribution is 2.43. The largest absolute Gasteiger partial charge is 0.383 e. The van der Waals surface area contributed by atoms with Crippen molar-refractivity contribution in [1.82, 2.24) is 14.8 Å². The number of rotatable bonds is 5. The number of hydrogen-bond donors (Lipinski definition) is 1. The van der Waals surface area contributed by atoms with Gasteiger partial charge in [-0.15, -0.1) is 0 Å². The molecule has 0 aromatic carbocycles. The van der Waals surface area contributed by atoms with Gasteiger partial charge in [0.05, 0.1) is 0 Å². The summed E-state index contributed by atoms with van der Waals surface area (Å²) in [5.41, 5.74) is -1.09. The maximum atomic E-state index is 14.6. The van der Waals surface area contributed by atoms with Crippen molar-refractivity contribution >= 4 is 11.7 Å². The average molecular weight is 382 g/mol. The number of carbonyl (C=O) groups excluding carboxylic acids is 1. The van der Waals surface area contributed by atoms with Crippen LogP contribution in [0.1, 0.15) is 31.2 Å². The first-order chi connectivity index (χ1) is 12.7. The number of carbonyl (C=O) groups is 1. The summed E-state index contributed by atoms with van der Waals surface area (Å²) in [7, 11) is 3.98. The summed E-state index contributed by atoms with van der Waals surface area (Å²) in [4.78, 5) is 22.1. The van der Waals surface area contributed by atoms with Crippen molar-refractivity contribution in [3.8, 4) is 0 Å². The van der Waals surface area contributed by atoms with Crippen LogP contribution in [0.15, 0.2) is 18.3 Å². The third-order valence-corrected chi connectivity index (χ3v) is 5.48. The SMILES string of the molecule is CN(C)Cc1ccc(N2CCN(C(=O)C(F)(F)C3(O)CCCC3)CC2)nc1. The first-order valence-electron chi connectivity index (χ1n) is 9.47. The number of anilines is 1. The molecule has 6 nitrogen and oxygen atoms in total. The number of aromatic nitrogens is 1. The van der Waals surface area contributed by atoms with Gasteiger partial charge in [0.2, 0.25) is 0 Å². The molecule has 1 aromatic rings. The lowest BCUT2D eigenvalue weighted by Gasteiger charge is -2.39. The average Bonchev–Trinajstić information content (AvgIpc) is 3.10. The number of nitrogens with zero attached hydrogens (tertiary/aromatic N) is 4. The van der Waals surface area contributed by atoms with E-state index >= 15 is 0 Å². The van der Waals surface area contributed by atoms with Crippen molar-refractivity contribution in [2.75, 3.05) is 45.2 Å². The summed E-state index contributed by atoms with van der Waals surface area (Å²) in [6.07, 6.45) is 2.84. The second-order valence-electron chi connectivity index (χ2n) is 7.85. The van der Waals surface area contributed by atoms with E-state index in [0.717, 1.165) is 17.9 Å². The Bertz CT molecular complexity index is 652. The van der Waals surface area contributed by atoms with Crippen LogP contribution >= 0.6 is 0 Å². The molecule has 3 rings (SSSR count). The van der Waals surface area contributed by atoms with E-state index in [1.807, 2.05) is 37.3 Å². The van der Waals surface area contributed by atoms with Gasteiger partial charge >= 0.3 is 5.92 Å². The van der Waals surface area contributed by atoms with Crippen molar-refractivity contribution in [3.05, 3.63) is 23.9 Å². The maximum Gasteiger partial charge on any atom is 0.352 e. The normalized spacial score (nSPS) is 20.4. The van der Waals surface area contributed by atoms with Crippen LogP contribution in [0.2, 0.25) is 0 Å². The van der Waals surface area contributed by atoms with Crippen LogP contribution in [-0.2, 0) is 11.3 Å². The molecule has 150 valence electrons. The molecular formula is C19H28F2N4O2. The fraction of sp³-hybridized carbons (Fsp3) is 0.684. The molecule has 1 amide bonds. The maximum absolute atomic E-state index is 14.6. The van der Waals surface area contributed by atoms with E-state index in [1.165, 1.54) is 4.90 Å². The second kappa shape index (κ2) is 7.67. The highest BCUT2D eigenvalue weighted by molar-refractivity contribution is 5.85. The van der Waals surface area contributed by atoms with Gasteiger partial charge < -0.3 is 19.8 Å². The van der Waals surface area contributed by atoms with Crippen molar-refractivity contribution in [2.45, 2.75) is 43.8 Å². The number of hydrogen-bond acceptors (Lipinski definition) is 5. The van der Waals surface area contributed by atoms with E-state index in [1.54, 1.807) is 0 Å². The van der Waals surface area contributed by atoms with Crippen LogP contribution in [0.5, 0.6) is 0 Å². The summed E-state index contributed by atoms with van der Waals surface area (Å²) in [6, 6.07) is 3.93. The quantitative estimate of drug-likeness (QED) is 0.841. The van der Waals surface area contributed by atoms with Crippen molar-refractivity contribution in [1.29, 1.82) is 0 Å². The number of pyridine rings is 1. The van der Waals surface area contributed by atoms with E-state index < -0.39 is 17.4 Å². The third kappa shape index (κ3) is 4.06. The molecule has 8 heteroatoms. The minimum absolute atomic E-state index is 0.0189. The fourth-order valence-electron chi connectivity index (χ4n) is 3.87. The van der Waals surface area contributed by atoms with Crippen LogP contribution < -0.4 is 4.90 Å². The van der Waals surface area contributed by atoms with E-state index in [4.69, 9.17) is 0 Å². The molecule has 27 heavy (non-hydrogen) atoms. The Morgan fingerprint density at radius 1 is 1.22 bits per heavy atom. The number of piperazine rings is 1. The fourth-order valence-corrected chi connectivity index (χ4v) is 3.87. The summed E-state index contributed by atoms with van der Waals surface area (Å²) in [5.74, 6) is -4.19. The molecule has 2 heterocycles. The zero-order valence-corrected chi connectivity index (χ0v) is 16.0. The standard InChI is InChI=1S/C19H28F2N4O2/c1-23(2)14-15-5-6-16(22-13-15)24-9-11-25(12-10-24)17(26)19(20,21)18(27)7-3-4-8-18/h5-6,13,27H,3-4,7-12,14H2,1-2H3. The van der Waals surface area contributed by atoms with E-state index in [-0.39, 0.29) is 25.9 Å². The molecular weight excluding hydrogens is 354 g/mol. The monoisotopic (exact) mass is 382 g/mol. The lowest BCUT2D eigenvalue weighted by molar-refractivity contribution is -0.200. The molecule has 1 saturated heterocycles. The Balaban J connectivity index is 1.59. The van der Waals surface area contributed by atoms with Gasteiger partial charge in [-0.3, -0.25) is 4.79 Å². The molecule has 0 spiro atoms. The smallest absolute Gasteiger partial charge is 0.352 e. The van der Waals surface area contributed by atoms with E-state index in [2.05, 4.69) is 9.88 Å². The van der Waals surface area contributed by atoms with Gasteiger partial charge in [0, 0.05) is 38.9 Å². The summed E-state index contributed by atoms with van der Waals surface area (Å²) < 4.78 is 29.2. The molecule has 1 saturated carbocycles. The highest BCUT2D eigenvalue weighted by atomic mass is 19.3. The van der Waals surface area contributed by atoms with E-state index in [0.29, 0.717) is 25.9 Å². The van der Waals surface area contributed by atoms with Crippen LogP contribution in [-0.4, -0.2) is 77.6 Å². The summed E-state index contributed by atoms with van der Waals surface area (Å²) in [5, 5.41) is 10.2. The molecule has 0 atom stereocenters. The molecule has 1 N–H and O–H groups in total. The molecule has 1 aliphatic heterocycles. The van der Waals surface area contributed by atoms with Gasteiger partial charge in [0.1, 0.15) is 11.4 Å². The first-order valence-corrected chi connectivity index (χ1v) is 9.47. The van der Waals surface area contributed by atoms with Gasteiger partial charge in [-0.05, 0) is 38.6 Å².